The molecule has 0 saturated carbocycles. The number of hydrogen-bond donors (Lipinski definition) is 2. The molecular weight excluding hydrogens is 226 g/mol. The van der Waals surface area contributed by atoms with Crippen molar-refractivity contribution in [3.8, 4) is 0 Å². The summed E-state index contributed by atoms with van der Waals surface area (Å²) in [7, 11) is 1.50. The minimum absolute atomic E-state index is 0.212. The predicted octanol–water partition coefficient (Wildman–Crippen LogP) is 3.72. The van der Waals surface area contributed by atoms with Gasteiger partial charge in [-0.15, -0.1) is 0 Å². The molecule has 0 fully saturated rings. The monoisotopic (exact) mass is 255 g/mol. The molecule has 0 aliphatic rings. The first-order valence-corrected chi connectivity index (χ1v) is 6.54. The van der Waals surface area contributed by atoms with Gasteiger partial charge in [0.05, 0.1) is 0 Å². The van der Waals surface area contributed by atoms with Crippen LogP contribution < -0.4 is 5.73 Å². The Morgan fingerprint density at radius 1 is 1.11 bits per heavy atom. The highest BCUT2D eigenvalue weighted by atomic mass is 16.4. The highest BCUT2D eigenvalue weighted by Gasteiger charge is 1.96. The van der Waals surface area contributed by atoms with E-state index in [-0.39, 0.29) is 6.42 Å². The molecule has 1 aromatic carbocycles. The Labute approximate surface area is 112 Å². The fourth-order valence-corrected chi connectivity index (χ4v) is 0.896. The van der Waals surface area contributed by atoms with Crippen LogP contribution in [0.3, 0.4) is 0 Å². The van der Waals surface area contributed by atoms with Crippen LogP contribution in [0.5, 0.6) is 0 Å². The van der Waals surface area contributed by atoms with Gasteiger partial charge >= 0.3 is 5.97 Å². The van der Waals surface area contributed by atoms with Crippen LogP contribution in [0.1, 0.15) is 46.1 Å². The number of aliphatic carboxylic acids is 1. The van der Waals surface area contributed by atoms with E-state index in [1.54, 1.807) is 0 Å². The smallest absolute Gasteiger partial charge is 0.303 e. The van der Waals surface area contributed by atoms with Crippen molar-refractivity contribution in [3.05, 3.63) is 35.9 Å². The zero-order valence-electron chi connectivity index (χ0n) is 12.4. The Morgan fingerprint density at radius 3 is 1.83 bits per heavy atom. The van der Waals surface area contributed by atoms with E-state index in [1.807, 2.05) is 44.2 Å². The van der Waals surface area contributed by atoms with Crippen molar-refractivity contribution in [2.24, 2.45) is 5.73 Å². The highest BCUT2D eigenvalue weighted by molar-refractivity contribution is 5.67. The van der Waals surface area contributed by atoms with Gasteiger partial charge in [0.2, 0.25) is 0 Å². The van der Waals surface area contributed by atoms with Gasteiger partial charge in [0.1, 0.15) is 0 Å². The van der Waals surface area contributed by atoms with Crippen molar-refractivity contribution in [3.63, 3.8) is 0 Å². The number of carboxylic acids is 1. The number of benzene rings is 1. The molecule has 0 spiro atoms. The number of carboxylic acid groups (broad SMARTS) is 1. The van der Waals surface area contributed by atoms with Crippen LogP contribution in [-0.2, 0) is 11.2 Å². The Morgan fingerprint density at radius 2 is 1.50 bits per heavy atom. The molecule has 0 unspecified atom stereocenters. The molecule has 18 heavy (non-hydrogen) atoms. The molecule has 3 N–H and O–H groups in total. The molecule has 0 saturated heterocycles. The number of rotatable bonds is 3. The second-order valence-corrected chi connectivity index (χ2v) is 3.09. The van der Waals surface area contributed by atoms with Crippen LogP contribution in [0, 0.1) is 0 Å². The number of aryl methyl sites for hydroxylation is 1. The van der Waals surface area contributed by atoms with Crippen molar-refractivity contribution in [2.75, 3.05) is 7.05 Å². The maximum absolute atomic E-state index is 10.2. The number of carbonyl (C=O) groups is 1. The normalized spacial score (nSPS) is 7.44. The largest absolute Gasteiger partial charge is 0.481 e. The van der Waals surface area contributed by atoms with E-state index in [9.17, 15) is 4.79 Å². The van der Waals surface area contributed by atoms with E-state index in [0.29, 0.717) is 6.42 Å². The first-order chi connectivity index (χ1) is 8.70. The Hall–Kier alpha value is -1.35. The first kappa shape index (κ1) is 21.9. The van der Waals surface area contributed by atoms with Gasteiger partial charge in [-0.05, 0) is 19.0 Å². The molecule has 1 aromatic rings. The van der Waals surface area contributed by atoms with Crippen molar-refractivity contribution in [1.82, 2.24) is 0 Å². The van der Waals surface area contributed by atoms with Crippen molar-refractivity contribution in [1.29, 1.82) is 0 Å². The summed E-state index contributed by atoms with van der Waals surface area (Å²) in [4.78, 5) is 10.2. The van der Waals surface area contributed by atoms with Crippen LogP contribution in [0.2, 0.25) is 0 Å². The number of nitrogens with two attached hydrogens (primary N) is 1. The average Bonchev–Trinajstić information content (AvgIpc) is 2.43. The summed E-state index contributed by atoms with van der Waals surface area (Å²) in [6.45, 7) is 8.25. The van der Waals surface area contributed by atoms with E-state index in [4.69, 9.17) is 5.11 Å². The molecule has 0 aliphatic heterocycles. The van der Waals surface area contributed by atoms with E-state index >= 15 is 0 Å². The molecule has 1 rings (SSSR count). The van der Waals surface area contributed by atoms with Gasteiger partial charge in [-0.1, -0.05) is 64.4 Å². The third-order valence-electron chi connectivity index (χ3n) is 1.47. The minimum Gasteiger partial charge on any atom is -0.481 e. The number of hydrogen-bond acceptors (Lipinski definition) is 2. The van der Waals surface area contributed by atoms with Gasteiger partial charge in [0.15, 0.2) is 0 Å². The fraction of sp³-hybridized carbons (Fsp3) is 0.533. The highest BCUT2D eigenvalue weighted by Crippen LogP contribution is 2.01. The van der Waals surface area contributed by atoms with E-state index < -0.39 is 5.97 Å². The topological polar surface area (TPSA) is 63.3 Å². The lowest BCUT2D eigenvalue weighted by Gasteiger charge is -1.95. The Kier molecular flexibility index (Phi) is 25.5. The molecule has 0 bridgehead atoms. The Balaban J connectivity index is -0.000000274. The van der Waals surface area contributed by atoms with Gasteiger partial charge in [-0.25, -0.2) is 0 Å². The molecule has 3 nitrogen and oxygen atoms in total. The molecule has 0 atom stereocenters. The molecule has 0 aromatic heterocycles. The first-order valence-electron chi connectivity index (χ1n) is 6.54. The van der Waals surface area contributed by atoms with E-state index in [1.165, 1.54) is 13.5 Å². The van der Waals surface area contributed by atoms with E-state index in [2.05, 4.69) is 19.6 Å². The van der Waals surface area contributed by atoms with Gasteiger partial charge in [0.25, 0.3) is 0 Å². The zero-order chi connectivity index (χ0) is 14.8. The zero-order valence-corrected chi connectivity index (χ0v) is 12.4. The predicted molar refractivity (Wildman–Crippen MR) is 79.8 cm³/mol. The summed E-state index contributed by atoms with van der Waals surface area (Å²) in [6.07, 6.45) is 2.08. The lowest BCUT2D eigenvalue weighted by Crippen LogP contribution is -1.96. The van der Waals surface area contributed by atoms with Crippen LogP contribution in [-0.4, -0.2) is 18.1 Å². The summed E-state index contributed by atoms with van der Waals surface area (Å²) in [6, 6.07) is 9.62. The van der Waals surface area contributed by atoms with Crippen molar-refractivity contribution >= 4 is 5.97 Å². The molecule has 0 amide bonds. The van der Waals surface area contributed by atoms with Crippen LogP contribution in [0.15, 0.2) is 30.3 Å². The maximum Gasteiger partial charge on any atom is 0.303 e. The molecular formula is C15H29NO2. The molecule has 106 valence electrons. The summed E-state index contributed by atoms with van der Waals surface area (Å²) in [5, 5.41) is 8.37. The summed E-state index contributed by atoms with van der Waals surface area (Å²) < 4.78 is 0. The lowest BCUT2D eigenvalue weighted by molar-refractivity contribution is -0.136. The van der Waals surface area contributed by atoms with Crippen LogP contribution in [0.4, 0.5) is 0 Å². The Bertz CT molecular complexity index is 248. The standard InChI is InChI=1S/C9H10O2.C3H8.C2H6.CH5N/c10-9(11)7-6-8-4-2-1-3-5-8;1-3-2;2*1-2/h1-5H,6-7H2,(H,10,11);3H2,1-2H3;1-2H3;2H2,1H3. The van der Waals surface area contributed by atoms with E-state index in [0.717, 1.165) is 5.56 Å². The van der Waals surface area contributed by atoms with Gasteiger partial charge in [0, 0.05) is 6.42 Å². The van der Waals surface area contributed by atoms with Gasteiger partial charge in [-0.2, -0.15) is 0 Å². The molecule has 0 aliphatic carbocycles. The second kappa shape index (κ2) is 21.0. The lowest BCUT2D eigenvalue weighted by atomic mass is 10.1. The van der Waals surface area contributed by atoms with Crippen molar-refractivity contribution in [2.45, 2.75) is 47.0 Å². The SMILES string of the molecule is CC.CCC.CN.O=C(O)CCc1ccccc1. The summed E-state index contributed by atoms with van der Waals surface area (Å²) in [5.74, 6) is -0.742. The van der Waals surface area contributed by atoms with Gasteiger partial charge < -0.3 is 10.8 Å². The van der Waals surface area contributed by atoms with Gasteiger partial charge in [-0.3, -0.25) is 4.79 Å². The maximum atomic E-state index is 10.2. The van der Waals surface area contributed by atoms with Crippen LogP contribution in [0.25, 0.3) is 0 Å². The minimum atomic E-state index is -0.742. The fourth-order valence-electron chi connectivity index (χ4n) is 0.896. The third-order valence-corrected chi connectivity index (χ3v) is 1.47. The van der Waals surface area contributed by atoms with Crippen LogP contribution >= 0.6 is 0 Å². The quantitative estimate of drug-likeness (QED) is 0.865. The third kappa shape index (κ3) is 20.1. The molecule has 0 heterocycles. The summed E-state index contributed by atoms with van der Waals surface area (Å²) in [5.41, 5.74) is 5.58. The average molecular weight is 255 g/mol. The second-order valence-electron chi connectivity index (χ2n) is 3.09. The molecule has 3 heteroatoms. The van der Waals surface area contributed by atoms with Crippen molar-refractivity contribution < 1.29 is 9.90 Å². The molecule has 0 radical (unpaired) electrons. The summed E-state index contributed by atoms with van der Waals surface area (Å²) >= 11 is 0.